The monoisotopic (exact) mass is 331 g/mol. The minimum atomic E-state index is -1.28. The van der Waals surface area contributed by atoms with Gasteiger partial charge in [0.25, 0.3) is 5.91 Å². The molecule has 2 aromatic rings. The summed E-state index contributed by atoms with van der Waals surface area (Å²) in [5.74, 6) is -3.01. The molecule has 0 aliphatic carbocycles. The predicted octanol–water partition coefficient (Wildman–Crippen LogP) is 1.23. The third kappa shape index (κ3) is 3.97. The molecule has 1 unspecified atom stereocenters. The Morgan fingerprint density at radius 3 is 2.46 bits per heavy atom. The number of benzene rings is 1. The van der Waals surface area contributed by atoms with Crippen LogP contribution in [0, 0.1) is 6.92 Å². The summed E-state index contributed by atoms with van der Waals surface area (Å²) in [6.45, 7) is 1.70. The van der Waals surface area contributed by atoms with E-state index in [-0.39, 0.29) is 18.4 Å². The molecule has 1 amide bonds. The van der Waals surface area contributed by atoms with Crippen LogP contribution in [0.4, 0.5) is 0 Å². The van der Waals surface area contributed by atoms with Crippen LogP contribution in [0.25, 0.3) is 5.69 Å². The fourth-order valence-electron chi connectivity index (χ4n) is 2.22. The van der Waals surface area contributed by atoms with Crippen molar-refractivity contribution in [2.24, 2.45) is 0 Å². The first kappa shape index (κ1) is 17.2. The van der Waals surface area contributed by atoms with E-state index in [1.165, 1.54) is 6.20 Å². The van der Waals surface area contributed by atoms with E-state index in [2.05, 4.69) is 10.4 Å². The van der Waals surface area contributed by atoms with Crippen molar-refractivity contribution < 1.29 is 24.6 Å². The number of aromatic nitrogens is 2. The number of nitrogens with one attached hydrogen (secondary N) is 1. The zero-order chi connectivity index (χ0) is 17.7. The second-order valence-electron chi connectivity index (χ2n) is 5.19. The Morgan fingerprint density at radius 1 is 1.21 bits per heavy atom. The summed E-state index contributed by atoms with van der Waals surface area (Å²) < 4.78 is 1.57. The molecule has 126 valence electrons. The molecule has 0 saturated heterocycles. The number of rotatable bonds is 7. The number of hydrogen-bond donors (Lipinski definition) is 3. The lowest BCUT2D eigenvalue weighted by atomic mass is 10.1. The highest BCUT2D eigenvalue weighted by atomic mass is 16.4. The van der Waals surface area contributed by atoms with Gasteiger partial charge in [-0.3, -0.25) is 9.59 Å². The molecule has 0 aliphatic rings. The van der Waals surface area contributed by atoms with Crippen molar-refractivity contribution in [2.75, 3.05) is 0 Å². The Kier molecular flexibility index (Phi) is 5.31. The maximum atomic E-state index is 12.3. The Labute approximate surface area is 137 Å². The summed E-state index contributed by atoms with van der Waals surface area (Å²) in [4.78, 5) is 34.0. The van der Waals surface area contributed by atoms with E-state index in [0.29, 0.717) is 5.69 Å². The van der Waals surface area contributed by atoms with Crippen LogP contribution >= 0.6 is 0 Å². The van der Waals surface area contributed by atoms with Gasteiger partial charge in [-0.2, -0.15) is 5.10 Å². The maximum Gasteiger partial charge on any atom is 0.326 e. The van der Waals surface area contributed by atoms with Crippen LogP contribution in [-0.4, -0.2) is 43.9 Å². The number of aliphatic carboxylic acids is 2. The van der Waals surface area contributed by atoms with Gasteiger partial charge in [0, 0.05) is 6.42 Å². The van der Waals surface area contributed by atoms with E-state index in [1.807, 2.05) is 30.3 Å². The van der Waals surface area contributed by atoms with Gasteiger partial charge in [0.15, 0.2) is 0 Å². The minimum absolute atomic E-state index is 0.192. The number of nitrogens with zero attached hydrogens (tertiary/aromatic N) is 2. The van der Waals surface area contributed by atoms with Crippen LogP contribution in [0.3, 0.4) is 0 Å². The van der Waals surface area contributed by atoms with E-state index < -0.39 is 23.9 Å². The van der Waals surface area contributed by atoms with Crippen LogP contribution in [-0.2, 0) is 9.59 Å². The molecule has 2 rings (SSSR count). The molecule has 3 N–H and O–H groups in total. The van der Waals surface area contributed by atoms with Gasteiger partial charge in [-0.25, -0.2) is 9.48 Å². The molecular weight excluding hydrogens is 314 g/mol. The largest absolute Gasteiger partial charge is 0.481 e. The van der Waals surface area contributed by atoms with Gasteiger partial charge in [0.05, 0.1) is 23.1 Å². The average Bonchev–Trinajstić information content (AvgIpc) is 2.93. The number of hydrogen-bond acceptors (Lipinski definition) is 4. The third-order valence-electron chi connectivity index (χ3n) is 3.51. The summed E-state index contributed by atoms with van der Waals surface area (Å²) in [7, 11) is 0. The molecule has 0 spiro atoms. The Morgan fingerprint density at radius 2 is 1.88 bits per heavy atom. The zero-order valence-corrected chi connectivity index (χ0v) is 13.0. The lowest BCUT2D eigenvalue weighted by Gasteiger charge is -2.13. The molecule has 0 fully saturated rings. The normalized spacial score (nSPS) is 11.7. The predicted molar refractivity (Wildman–Crippen MR) is 84.1 cm³/mol. The van der Waals surface area contributed by atoms with E-state index in [1.54, 1.807) is 11.6 Å². The molecule has 8 nitrogen and oxygen atoms in total. The van der Waals surface area contributed by atoms with Crippen molar-refractivity contribution in [1.29, 1.82) is 0 Å². The molecular formula is C16H17N3O5. The van der Waals surface area contributed by atoms with Crippen LogP contribution < -0.4 is 5.32 Å². The van der Waals surface area contributed by atoms with Crippen molar-refractivity contribution >= 4 is 17.8 Å². The van der Waals surface area contributed by atoms with E-state index in [0.717, 1.165) is 5.69 Å². The van der Waals surface area contributed by atoms with Gasteiger partial charge in [-0.05, 0) is 25.5 Å². The van der Waals surface area contributed by atoms with Crippen molar-refractivity contribution in [2.45, 2.75) is 25.8 Å². The topological polar surface area (TPSA) is 122 Å². The van der Waals surface area contributed by atoms with Crippen LogP contribution in [0.15, 0.2) is 36.5 Å². The van der Waals surface area contributed by atoms with Crippen LogP contribution in [0.2, 0.25) is 0 Å². The molecule has 0 aliphatic heterocycles. The van der Waals surface area contributed by atoms with E-state index in [9.17, 15) is 14.4 Å². The molecule has 0 radical (unpaired) electrons. The number of carbonyl (C=O) groups excluding carboxylic acids is 1. The summed E-state index contributed by atoms with van der Waals surface area (Å²) in [6, 6.07) is 7.91. The Hall–Kier alpha value is -3.16. The summed E-state index contributed by atoms with van der Waals surface area (Å²) >= 11 is 0. The van der Waals surface area contributed by atoms with Crippen LogP contribution in [0.1, 0.15) is 28.9 Å². The van der Waals surface area contributed by atoms with Crippen molar-refractivity contribution in [1.82, 2.24) is 15.1 Å². The summed E-state index contributed by atoms with van der Waals surface area (Å²) in [5, 5.41) is 24.2. The fourth-order valence-corrected chi connectivity index (χ4v) is 2.22. The second kappa shape index (κ2) is 7.40. The number of carbonyl (C=O) groups is 3. The minimum Gasteiger partial charge on any atom is -0.481 e. The highest BCUT2D eigenvalue weighted by molar-refractivity contribution is 5.97. The second-order valence-corrected chi connectivity index (χ2v) is 5.19. The van der Waals surface area contributed by atoms with Crippen LogP contribution in [0.5, 0.6) is 0 Å². The standard InChI is InChI=1S/C16H17N3O5/c1-10-12(9-17-19(10)11-5-3-2-4-6-11)15(22)18-13(16(23)24)7-8-14(20)21/h2-6,9,13H,7-8H2,1H3,(H,18,22)(H,20,21)(H,23,24). The van der Waals surface area contributed by atoms with Gasteiger partial charge in [0.1, 0.15) is 6.04 Å². The number of carboxylic acids is 2. The average molecular weight is 331 g/mol. The quantitative estimate of drug-likeness (QED) is 0.701. The number of amides is 1. The first-order chi connectivity index (χ1) is 11.4. The molecule has 24 heavy (non-hydrogen) atoms. The highest BCUT2D eigenvalue weighted by Crippen LogP contribution is 2.14. The SMILES string of the molecule is Cc1c(C(=O)NC(CCC(=O)O)C(=O)O)cnn1-c1ccccc1. The zero-order valence-electron chi connectivity index (χ0n) is 13.0. The first-order valence-electron chi connectivity index (χ1n) is 7.25. The first-order valence-corrected chi connectivity index (χ1v) is 7.25. The van der Waals surface area contributed by atoms with Gasteiger partial charge in [0.2, 0.25) is 0 Å². The van der Waals surface area contributed by atoms with Crippen molar-refractivity contribution in [3.63, 3.8) is 0 Å². The summed E-state index contributed by atoms with van der Waals surface area (Å²) in [6.07, 6.45) is 0.815. The molecule has 1 aromatic carbocycles. The molecule has 0 saturated carbocycles. The van der Waals surface area contributed by atoms with Gasteiger partial charge in [-0.15, -0.1) is 0 Å². The third-order valence-corrected chi connectivity index (χ3v) is 3.51. The lowest BCUT2D eigenvalue weighted by Crippen LogP contribution is -2.41. The number of para-hydroxylation sites is 1. The molecule has 0 bridgehead atoms. The van der Waals surface area contributed by atoms with E-state index >= 15 is 0 Å². The maximum absolute atomic E-state index is 12.3. The molecule has 1 atom stereocenters. The van der Waals surface area contributed by atoms with Gasteiger partial charge < -0.3 is 15.5 Å². The smallest absolute Gasteiger partial charge is 0.326 e. The number of carboxylic acid groups (broad SMARTS) is 2. The van der Waals surface area contributed by atoms with Gasteiger partial charge >= 0.3 is 11.9 Å². The Balaban J connectivity index is 2.16. The van der Waals surface area contributed by atoms with Crippen molar-refractivity contribution in [3.05, 3.63) is 47.8 Å². The molecule has 1 aromatic heterocycles. The highest BCUT2D eigenvalue weighted by Gasteiger charge is 2.23. The molecule has 8 heteroatoms. The fraction of sp³-hybridized carbons (Fsp3) is 0.250. The van der Waals surface area contributed by atoms with Crippen molar-refractivity contribution in [3.8, 4) is 5.69 Å². The lowest BCUT2D eigenvalue weighted by molar-refractivity contribution is -0.140. The Bertz CT molecular complexity index is 754. The van der Waals surface area contributed by atoms with Gasteiger partial charge in [-0.1, -0.05) is 18.2 Å². The van der Waals surface area contributed by atoms with E-state index in [4.69, 9.17) is 10.2 Å². The summed E-state index contributed by atoms with van der Waals surface area (Å²) in [5.41, 5.74) is 1.57. The molecule has 1 heterocycles.